The first-order valence-electron chi connectivity index (χ1n) is 24.2. The first kappa shape index (κ1) is 53.2. The first-order valence-corrected chi connectivity index (χ1v) is 24.2. The molecular formula is C46H98N6O2. The van der Waals surface area contributed by atoms with Crippen LogP contribution < -0.4 is 31.9 Å². The van der Waals surface area contributed by atoms with Crippen LogP contribution in [-0.2, 0) is 4.79 Å². The molecule has 54 heavy (non-hydrogen) atoms. The van der Waals surface area contributed by atoms with E-state index in [1.54, 1.807) is 0 Å². The second-order valence-corrected chi connectivity index (χ2v) is 16.3. The van der Waals surface area contributed by atoms with E-state index in [1.807, 2.05) is 0 Å². The monoisotopic (exact) mass is 767 g/mol. The molecule has 0 aliphatic heterocycles. The van der Waals surface area contributed by atoms with Gasteiger partial charge in [-0.3, -0.25) is 4.79 Å². The summed E-state index contributed by atoms with van der Waals surface area (Å²) in [4.78, 5) is 10.5. The Morgan fingerprint density at radius 1 is 0.278 bits per heavy atom. The summed E-state index contributed by atoms with van der Waals surface area (Å²) in [7, 11) is 0. The lowest BCUT2D eigenvalue weighted by atomic mass is 10.0. The molecular weight excluding hydrogens is 669 g/mol. The largest absolute Gasteiger partial charge is 0.481 e. The van der Waals surface area contributed by atoms with Crippen LogP contribution in [0.5, 0.6) is 0 Å². The normalized spacial score (nSPS) is 11.6. The average molecular weight is 767 g/mol. The molecule has 0 heterocycles. The third kappa shape index (κ3) is 51.2. The molecule has 0 rings (SSSR count). The zero-order valence-electron chi connectivity index (χ0n) is 36.5. The van der Waals surface area contributed by atoms with Crippen molar-refractivity contribution in [3.63, 3.8) is 0 Å². The van der Waals surface area contributed by atoms with Gasteiger partial charge >= 0.3 is 5.97 Å². The van der Waals surface area contributed by atoms with Gasteiger partial charge in [0.1, 0.15) is 0 Å². The lowest BCUT2D eigenvalue weighted by molar-refractivity contribution is -0.137. The molecule has 0 bridgehead atoms. The number of nitrogens with one attached hydrogen (secondary N) is 6. The van der Waals surface area contributed by atoms with E-state index in [0.29, 0.717) is 0 Å². The zero-order valence-corrected chi connectivity index (χ0v) is 36.5. The standard InChI is InChI=1S/C46H98N6O2/c1-2-3-4-29-34-47-35-30-26-24-22-20-18-16-14-12-10-8-6-5-7-9-11-13-15-17-19-21-23-25-27-31-36-48-38-40-50-42-44-52-45-43-51-41-39-49-37-32-28-33-46(53)54/h47-52H,2-45H2,1H3,(H,53,54). The number of carboxylic acid groups (broad SMARTS) is 1. The fourth-order valence-corrected chi connectivity index (χ4v) is 7.23. The molecule has 0 aliphatic rings. The molecule has 324 valence electrons. The van der Waals surface area contributed by atoms with Crippen molar-refractivity contribution in [2.75, 3.05) is 78.5 Å². The highest BCUT2D eigenvalue weighted by atomic mass is 16.4. The van der Waals surface area contributed by atoms with E-state index in [0.717, 1.165) is 78.3 Å². The molecule has 0 atom stereocenters. The second kappa shape index (κ2) is 50.2. The fourth-order valence-electron chi connectivity index (χ4n) is 7.23. The van der Waals surface area contributed by atoms with Crippen molar-refractivity contribution in [1.82, 2.24) is 31.9 Å². The maximum absolute atomic E-state index is 10.5. The Morgan fingerprint density at radius 3 is 0.704 bits per heavy atom. The molecule has 7 N–H and O–H groups in total. The quantitative estimate of drug-likeness (QED) is 0.0307. The van der Waals surface area contributed by atoms with Crippen LogP contribution in [0, 0.1) is 0 Å². The van der Waals surface area contributed by atoms with Gasteiger partial charge in [0.25, 0.3) is 0 Å². The van der Waals surface area contributed by atoms with E-state index in [9.17, 15) is 4.79 Å². The number of carboxylic acids is 1. The van der Waals surface area contributed by atoms with Gasteiger partial charge in [-0.05, 0) is 58.3 Å². The van der Waals surface area contributed by atoms with Gasteiger partial charge in [0, 0.05) is 58.8 Å². The number of aliphatic carboxylic acids is 1. The molecule has 8 heteroatoms. The lowest BCUT2D eigenvalue weighted by Gasteiger charge is -2.09. The van der Waals surface area contributed by atoms with Crippen molar-refractivity contribution in [1.29, 1.82) is 0 Å². The number of unbranched alkanes of at least 4 members (excludes halogenated alkanes) is 28. The van der Waals surface area contributed by atoms with Gasteiger partial charge in [0.15, 0.2) is 0 Å². The van der Waals surface area contributed by atoms with Crippen LogP contribution in [0.1, 0.15) is 212 Å². The summed E-state index contributed by atoms with van der Waals surface area (Å²) in [5, 5.41) is 29.6. The average Bonchev–Trinajstić information content (AvgIpc) is 3.17. The summed E-state index contributed by atoms with van der Waals surface area (Å²) in [6.07, 6.45) is 43.6. The number of rotatable bonds is 50. The van der Waals surface area contributed by atoms with Gasteiger partial charge in [-0.25, -0.2) is 0 Å². The number of hydrogen-bond acceptors (Lipinski definition) is 7. The summed E-state index contributed by atoms with van der Waals surface area (Å²) in [6.45, 7) is 14.7. The Kier molecular flexibility index (Phi) is 49.5. The minimum Gasteiger partial charge on any atom is -0.481 e. The van der Waals surface area contributed by atoms with Crippen molar-refractivity contribution in [2.45, 2.75) is 212 Å². The van der Waals surface area contributed by atoms with Crippen LogP contribution in [-0.4, -0.2) is 89.6 Å². The maximum atomic E-state index is 10.5. The molecule has 0 radical (unpaired) electrons. The second-order valence-electron chi connectivity index (χ2n) is 16.3. The van der Waals surface area contributed by atoms with Crippen molar-refractivity contribution >= 4 is 5.97 Å². The maximum Gasteiger partial charge on any atom is 0.303 e. The van der Waals surface area contributed by atoms with E-state index in [1.165, 1.54) is 199 Å². The summed E-state index contributed by atoms with van der Waals surface area (Å²) < 4.78 is 0. The van der Waals surface area contributed by atoms with Crippen molar-refractivity contribution in [3.8, 4) is 0 Å². The first-order chi connectivity index (χ1) is 26.8. The summed E-state index contributed by atoms with van der Waals surface area (Å²) in [5.41, 5.74) is 0. The van der Waals surface area contributed by atoms with Crippen LogP contribution in [0.2, 0.25) is 0 Å². The molecule has 0 amide bonds. The highest BCUT2D eigenvalue weighted by Gasteiger charge is 1.99. The van der Waals surface area contributed by atoms with Crippen LogP contribution in [0.15, 0.2) is 0 Å². The molecule has 8 nitrogen and oxygen atoms in total. The van der Waals surface area contributed by atoms with Gasteiger partial charge < -0.3 is 37.0 Å². The Balaban J connectivity index is 3.05. The molecule has 0 saturated carbocycles. The van der Waals surface area contributed by atoms with Gasteiger partial charge in [0.05, 0.1) is 0 Å². The molecule has 0 fully saturated rings. The van der Waals surface area contributed by atoms with E-state index in [-0.39, 0.29) is 6.42 Å². The van der Waals surface area contributed by atoms with E-state index in [4.69, 9.17) is 5.11 Å². The highest BCUT2D eigenvalue weighted by Crippen LogP contribution is 2.16. The molecule has 0 unspecified atom stereocenters. The molecule has 0 aromatic carbocycles. The Hall–Kier alpha value is -0.770. The minimum absolute atomic E-state index is 0.274. The smallest absolute Gasteiger partial charge is 0.303 e. The van der Waals surface area contributed by atoms with Gasteiger partial charge in [-0.2, -0.15) is 0 Å². The highest BCUT2D eigenvalue weighted by molar-refractivity contribution is 5.66. The van der Waals surface area contributed by atoms with E-state index < -0.39 is 5.97 Å². The summed E-state index contributed by atoms with van der Waals surface area (Å²) >= 11 is 0. The molecule has 0 saturated heterocycles. The van der Waals surface area contributed by atoms with Crippen molar-refractivity contribution in [2.24, 2.45) is 0 Å². The molecule has 0 spiro atoms. The van der Waals surface area contributed by atoms with Crippen LogP contribution >= 0.6 is 0 Å². The van der Waals surface area contributed by atoms with Crippen LogP contribution in [0.25, 0.3) is 0 Å². The third-order valence-electron chi connectivity index (χ3n) is 10.8. The summed E-state index contributed by atoms with van der Waals surface area (Å²) in [6, 6.07) is 0. The van der Waals surface area contributed by atoms with E-state index in [2.05, 4.69) is 38.8 Å². The Bertz CT molecular complexity index is 686. The Morgan fingerprint density at radius 2 is 0.463 bits per heavy atom. The minimum atomic E-state index is -0.701. The summed E-state index contributed by atoms with van der Waals surface area (Å²) in [5.74, 6) is -0.701. The topological polar surface area (TPSA) is 109 Å². The SMILES string of the molecule is CCCCCCNCCCCCCCCCCCCCCCCCCCCCCCCCCCNCCNCCNCCNCCNCCCCC(=O)O. The number of hydrogen-bond donors (Lipinski definition) is 7. The molecule has 0 aromatic rings. The van der Waals surface area contributed by atoms with Gasteiger partial charge in [-0.1, -0.05) is 174 Å². The fraction of sp³-hybridized carbons (Fsp3) is 0.978. The molecule has 0 aromatic heterocycles. The van der Waals surface area contributed by atoms with Crippen molar-refractivity contribution < 1.29 is 9.90 Å². The van der Waals surface area contributed by atoms with Gasteiger partial charge in [0.2, 0.25) is 0 Å². The number of carbonyl (C=O) groups is 1. The predicted octanol–water partition coefficient (Wildman–Crippen LogP) is 10.1. The predicted molar refractivity (Wildman–Crippen MR) is 238 cm³/mol. The van der Waals surface area contributed by atoms with Crippen LogP contribution in [0.3, 0.4) is 0 Å². The van der Waals surface area contributed by atoms with Crippen molar-refractivity contribution in [3.05, 3.63) is 0 Å². The van der Waals surface area contributed by atoms with Gasteiger partial charge in [-0.15, -0.1) is 0 Å². The van der Waals surface area contributed by atoms with Crippen LogP contribution in [0.4, 0.5) is 0 Å². The molecule has 0 aliphatic carbocycles. The third-order valence-corrected chi connectivity index (χ3v) is 10.8. The Labute approximate surface area is 337 Å². The van der Waals surface area contributed by atoms with E-state index >= 15 is 0 Å². The lowest BCUT2D eigenvalue weighted by Crippen LogP contribution is -2.36. The zero-order chi connectivity index (χ0) is 38.9.